The molecule has 2 aliphatic rings. The van der Waals surface area contributed by atoms with Crippen molar-refractivity contribution in [2.45, 2.75) is 6.54 Å². The number of ketones is 1. The average molecular weight is 356 g/mol. The highest BCUT2D eigenvalue weighted by Gasteiger charge is 2.38. The fraction of sp³-hybridized carbons (Fsp3) is 0.263. The van der Waals surface area contributed by atoms with Crippen molar-refractivity contribution in [1.29, 1.82) is 0 Å². The van der Waals surface area contributed by atoms with Crippen molar-refractivity contribution in [3.05, 3.63) is 53.3 Å². The molecular weight excluding hydrogens is 339 g/mol. The molecule has 0 atom stereocenters. The summed E-state index contributed by atoms with van der Waals surface area (Å²) in [5, 5.41) is 0. The van der Waals surface area contributed by atoms with E-state index in [0.717, 1.165) is 5.56 Å². The summed E-state index contributed by atoms with van der Waals surface area (Å²) in [5.41, 5.74) is 1.61. The second kappa shape index (κ2) is 6.42. The van der Waals surface area contributed by atoms with Crippen molar-refractivity contribution in [1.82, 2.24) is 4.90 Å². The molecule has 0 saturated heterocycles. The number of ether oxygens (including phenoxy) is 2. The van der Waals surface area contributed by atoms with Gasteiger partial charge in [0.15, 0.2) is 11.5 Å². The van der Waals surface area contributed by atoms with Gasteiger partial charge in [0.2, 0.25) is 0 Å². The largest absolute Gasteiger partial charge is 0.486 e. The number of fused-ring (bicyclic) bond motifs is 2. The van der Waals surface area contributed by atoms with Gasteiger partial charge in [-0.1, -0.05) is 12.1 Å². The van der Waals surface area contributed by atoms with E-state index in [2.05, 4.69) is 0 Å². The number of Topliss-reactive ketones (excluding diaryl/α,β-unsaturated/α-hetero) is 1. The highest BCUT2D eigenvalue weighted by Crippen LogP contribution is 2.40. The number of benzene rings is 2. The van der Waals surface area contributed by atoms with E-state index in [1.54, 1.807) is 25.2 Å². The molecule has 1 amide bonds. The molecule has 26 heavy (non-hydrogen) atoms. The third kappa shape index (κ3) is 2.90. The smallest absolute Gasteiger partial charge is 0.300 e. The van der Waals surface area contributed by atoms with Crippen LogP contribution in [0.15, 0.2) is 36.4 Å². The maximum absolute atomic E-state index is 13.3. The molecule has 7 heteroatoms. The highest BCUT2D eigenvalue weighted by molar-refractivity contribution is 6.52. The molecule has 2 aliphatic heterocycles. The lowest BCUT2D eigenvalue weighted by atomic mass is 10.1. The standard InChI is InChI=1S/C19H17FN2O4/c1-21(10-12-3-2-4-13(20)7-12)11-22-15-9-17-16(25-5-6-26-17)8-14(15)18(23)19(22)24/h2-4,7-9H,5-6,10-11H2,1H3. The quantitative estimate of drug-likeness (QED) is 0.786. The number of rotatable bonds is 4. The van der Waals surface area contributed by atoms with Gasteiger partial charge in [0.05, 0.1) is 17.9 Å². The van der Waals surface area contributed by atoms with Crippen LogP contribution in [0.5, 0.6) is 11.5 Å². The molecule has 0 fully saturated rings. The van der Waals surface area contributed by atoms with Gasteiger partial charge in [0.25, 0.3) is 5.78 Å². The maximum atomic E-state index is 13.3. The fourth-order valence-corrected chi connectivity index (χ4v) is 3.21. The lowest BCUT2D eigenvalue weighted by molar-refractivity contribution is -0.114. The number of amides is 1. The van der Waals surface area contributed by atoms with Crippen LogP contribution in [0.25, 0.3) is 0 Å². The van der Waals surface area contributed by atoms with E-state index in [1.165, 1.54) is 17.0 Å². The molecule has 0 radical (unpaired) electrons. The van der Waals surface area contributed by atoms with E-state index >= 15 is 0 Å². The highest BCUT2D eigenvalue weighted by atomic mass is 19.1. The molecule has 0 saturated carbocycles. The van der Waals surface area contributed by atoms with Gasteiger partial charge in [-0.15, -0.1) is 0 Å². The van der Waals surface area contributed by atoms with Crippen LogP contribution in [-0.2, 0) is 11.3 Å². The Morgan fingerprint density at radius 1 is 1.12 bits per heavy atom. The summed E-state index contributed by atoms with van der Waals surface area (Å²) in [4.78, 5) is 28.0. The van der Waals surface area contributed by atoms with Gasteiger partial charge in [0.1, 0.15) is 19.0 Å². The molecule has 0 bridgehead atoms. The summed E-state index contributed by atoms with van der Waals surface area (Å²) in [7, 11) is 1.80. The first-order chi connectivity index (χ1) is 12.5. The summed E-state index contributed by atoms with van der Waals surface area (Å²) in [6.07, 6.45) is 0. The molecule has 2 aromatic carbocycles. The van der Waals surface area contributed by atoms with Crippen LogP contribution in [-0.4, -0.2) is 43.5 Å². The molecule has 134 valence electrons. The van der Waals surface area contributed by atoms with E-state index in [9.17, 15) is 14.0 Å². The van der Waals surface area contributed by atoms with Gasteiger partial charge in [-0.3, -0.25) is 19.4 Å². The minimum atomic E-state index is -0.589. The molecule has 2 aromatic rings. The fourth-order valence-electron chi connectivity index (χ4n) is 3.21. The Hall–Kier alpha value is -2.93. The van der Waals surface area contributed by atoms with Crippen LogP contribution in [0.1, 0.15) is 15.9 Å². The summed E-state index contributed by atoms with van der Waals surface area (Å²) in [6, 6.07) is 9.52. The van der Waals surface area contributed by atoms with Crippen LogP contribution in [0.4, 0.5) is 10.1 Å². The maximum Gasteiger partial charge on any atom is 0.300 e. The summed E-state index contributed by atoms with van der Waals surface area (Å²) in [6.45, 7) is 1.48. The van der Waals surface area contributed by atoms with Gasteiger partial charge >= 0.3 is 5.91 Å². The number of carbonyl (C=O) groups excluding carboxylic acids is 2. The number of nitrogens with zero attached hydrogens (tertiary/aromatic N) is 2. The first-order valence-corrected chi connectivity index (χ1v) is 8.26. The number of halogens is 1. The zero-order valence-electron chi connectivity index (χ0n) is 14.2. The lowest BCUT2D eigenvalue weighted by Gasteiger charge is -2.25. The third-order valence-corrected chi connectivity index (χ3v) is 4.36. The molecule has 0 N–H and O–H groups in total. The van der Waals surface area contributed by atoms with Gasteiger partial charge in [-0.05, 0) is 30.8 Å². The second-order valence-corrected chi connectivity index (χ2v) is 6.36. The topological polar surface area (TPSA) is 59.1 Å². The van der Waals surface area contributed by atoms with Crippen LogP contribution in [0.2, 0.25) is 0 Å². The predicted molar refractivity (Wildman–Crippen MR) is 92.0 cm³/mol. The number of hydrogen-bond donors (Lipinski definition) is 0. The van der Waals surface area contributed by atoms with Crippen molar-refractivity contribution in [2.24, 2.45) is 0 Å². The van der Waals surface area contributed by atoms with Gasteiger partial charge in [-0.25, -0.2) is 4.39 Å². The second-order valence-electron chi connectivity index (χ2n) is 6.36. The molecule has 0 unspecified atom stereocenters. The van der Waals surface area contributed by atoms with Crippen LogP contribution < -0.4 is 14.4 Å². The minimum Gasteiger partial charge on any atom is -0.486 e. The Kier molecular flexibility index (Phi) is 4.08. The van der Waals surface area contributed by atoms with Crippen molar-refractivity contribution < 1.29 is 23.5 Å². The molecule has 4 rings (SSSR count). The van der Waals surface area contributed by atoms with E-state index in [0.29, 0.717) is 42.5 Å². The molecule has 6 nitrogen and oxygen atoms in total. The number of hydrogen-bond acceptors (Lipinski definition) is 5. The average Bonchev–Trinajstić information content (AvgIpc) is 2.84. The first kappa shape index (κ1) is 16.5. The molecule has 0 aliphatic carbocycles. The summed E-state index contributed by atoms with van der Waals surface area (Å²) in [5.74, 6) is -0.455. The minimum absolute atomic E-state index is 0.202. The summed E-state index contributed by atoms with van der Waals surface area (Å²) >= 11 is 0. The van der Waals surface area contributed by atoms with E-state index in [1.807, 2.05) is 11.0 Å². The van der Waals surface area contributed by atoms with Gasteiger partial charge in [0, 0.05) is 12.6 Å². The molecular formula is C19H17FN2O4. The Morgan fingerprint density at radius 2 is 1.85 bits per heavy atom. The Labute approximate surface area is 149 Å². The lowest BCUT2D eigenvalue weighted by Crippen LogP contribution is -2.39. The first-order valence-electron chi connectivity index (χ1n) is 8.26. The van der Waals surface area contributed by atoms with E-state index in [4.69, 9.17) is 9.47 Å². The molecule has 0 aromatic heterocycles. The van der Waals surface area contributed by atoms with Crippen LogP contribution in [0, 0.1) is 5.82 Å². The van der Waals surface area contributed by atoms with Gasteiger partial charge < -0.3 is 9.47 Å². The van der Waals surface area contributed by atoms with E-state index < -0.39 is 11.7 Å². The summed E-state index contributed by atoms with van der Waals surface area (Å²) < 4.78 is 24.4. The number of anilines is 1. The SMILES string of the molecule is CN(Cc1cccc(F)c1)CN1C(=O)C(=O)c2cc3c(cc21)OCCO3. The zero-order chi connectivity index (χ0) is 18.3. The Morgan fingerprint density at radius 3 is 2.58 bits per heavy atom. The molecule has 2 heterocycles. The van der Waals surface area contributed by atoms with Gasteiger partial charge in [-0.2, -0.15) is 0 Å². The van der Waals surface area contributed by atoms with Crippen molar-refractivity contribution >= 4 is 17.4 Å². The van der Waals surface area contributed by atoms with Crippen molar-refractivity contribution in [2.75, 3.05) is 31.8 Å². The van der Waals surface area contributed by atoms with Crippen molar-refractivity contribution in [3.63, 3.8) is 0 Å². The van der Waals surface area contributed by atoms with E-state index in [-0.39, 0.29) is 12.5 Å². The monoisotopic (exact) mass is 356 g/mol. The Balaban J connectivity index is 1.57. The third-order valence-electron chi connectivity index (χ3n) is 4.36. The van der Waals surface area contributed by atoms with Crippen LogP contribution >= 0.6 is 0 Å². The predicted octanol–water partition coefficient (Wildman–Crippen LogP) is 2.22. The van der Waals surface area contributed by atoms with Crippen molar-refractivity contribution in [3.8, 4) is 11.5 Å². The van der Waals surface area contributed by atoms with Crippen LogP contribution in [0.3, 0.4) is 0 Å². The Bertz CT molecular complexity index is 899. The number of carbonyl (C=O) groups is 2. The normalized spacial score (nSPS) is 15.6. The zero-order valence-corrected chi connectivity index (χ0v) is 14.2. The molecule has 0 spiro atoms.